The van der Waals surface area contributed by atoms with Crippen LogP contribution in [-0.2, 0) is 0 Å². The molecule has 1 aromatic carbocycles. The number of nitrogens with one attached hydrogen (secondary N) is 1. The molecule has 0 saturated heterocycles. The predicted molar refractivity (Wildman–Crippen MR) is 83.2 cm³/mol. The second kappa shape index (κ2) is 6.14. The van der Waals surface area contributed by atoms with E-state index in [1.54, 1.807) is 23.9 Å². The Morgan fingerprint density at radius 2 is 2.10 bits per heavy atom. The molecule has 1 aromatic rings. The molecule has 5 heteroatoms. The van der Waals surface area contributed by atoms with Crippen LogP contribution in [0.3, 0.4) is 0 Å². The van der Waals surface area contributed by atoms with Gasteiger partial charge in [0.25, 0.3) is 5.69 Å². The first-order valence-electron chi connectivity index (χ1n) is 7.00. The van der Waals surface area contributed by atoms with Crippen molar-refractivity contribution in [3.8, 4) is 0 Å². The van der Waals surface area contributed by atoms with Gasteiger partial charge in [0.2, 0.25) is 0 Å². The molecule has 0 aliphatic heterocycles. The maximum absolute atomic E-state index is 11.1. The Bertz CT molecular complexity index is 491. The van der Waals surface area contributed by atoms with Crippen molar-refractivity contribution in [1.82, 2.24) is 5.32 Å². The SMILES string of the molecule is CNC1CCC(C)(C)CC1Sc1ccccc1[N+](=O)[O-]. The number of nitro benzene ring substituents is 1. The Balaban J connectivity index is 2.20. The first-order chi connectivity index (χ1) is 9.43. The van der Waals surface area contributed by atoms with Gasteiger partial charge in [-0.05, 0) is 37.8 Å². The van der Waals surface area contributed by atoms with Crippen LogP contribution in [0.4, 0.5) is 5.69 Å². The van der Waals surface area contributed by atoms with Gasteiger partial charge in [-0.25, -0.2) is 0 Å². The van der Waals surface area contributed by atoms with E-state index in [9.17, 15) is 10.1 Å². The first-order valence-corrected chi connectivity index (χ1v) is 7.88. The molecule has 0 amide bonds. The monoisotopic (exact) mass is 294 g/mol. The van der Waals surface area contributed by atoms with E-state index in [0.29, 0.717) is 16.7 Å². The maximum Gasteiger partial charge on any atom is 0.282 e. The molecule has 0 bridgehead atoms. The average molecular weight is 294 g/mol. The van der Waals surface area contributed by atoms with E-state index in [-0.39, 0.29) is 10.6 Å². The fourth-order valence-corrected chi connectivity index (χ4v) is 4.56. The van der Waals surface area contributed by atoms with Crippen LogP contribution in [0.2, 0.25) is 0 Å². The molecule has 1 aliphatic carbocycles. The van der Waals surface area contributed by atoms with Gasteiger partial charge in [-0.3, -0.25) is 10.1 Å². The van der Waals surface area contributed by atoms with Crippen molar-refractivity contribution in [3.05, 3.63) is 34.4 Å². The molecule has 0 radical (unpaired) electrons. The number of hydrogen-bond donors (Lipinski definition) is 1. The summed E-state index contributed by atoms with van der Waals surface area (Å²) in [5, 5.41) is 14.9. The van der Waals surface area contributed by atoms with E-state index in [2.05, 4.69) is 19.2 Å². The Hall–Kier alpha value is -1.07. The molecule has 1 aliphatic rings. The van der Waals surface area contributed by atoms with Crippen molar-refractivity contribution >= 4 is 17.4 Å². The Kier molecular flexibility index (Phi) is 4.70. The zero-order valence-electron chi connectivity index (χ0n) is 12.3. The van der Waals surface area contributed by atoms with Crippen LogP contribution in [0.5, 0.6) is 0 Å². The van der Waals surface area contributed by atoms with Crippen molar-refractivity contribution in [3.63, 3.8) is 0 Å². The van der Waals surface area contributed by atoms with E-state index >= 15 is 0 Å². The highest BCUT2D eigenvalue weighted by molar-refractivity contribution is 8.00. The molecule has 110 valence electrons. The van der Waals surface area contributed by atoms with Gasteiger partial charge in [-0.1, -0.05) is 26.0 Å². The zero-order chi connectivity index (χ0) is 14.8. The molecule has 2 rings (SSSR count). The lowest BCUT2D eigenvalue weighted by atomic mass is 9.75. The van der Waals surface area contributed by atoms with Crippen molar-refractivity contribution in [2.45, 2.75) is 49.3 Å². The molecule has 0 spiro atoms. The summed E-state index contributed by atoms with van der Waals surface area (Å²) in [5.74, 6) is 0. The molecule has 2 unspecified atom stereocenters. The lowest BCUT2D eigenvalue weighted by Crippen LogP contribution is -2.43. The number of hydrogen-bond acceptors (Lipinski definition) is 4. The molecular weight excluding hydrogens is 272 g/mol. The van der Waals surface area contributed by atoms with Crippen LogP contribution in [0, 0.1) is 15.5 Å². The molecule has 1 N–H and O–H groups in total. The predicted octanol–water partition coefficient (Wildman–Crippen LogP) is 3.85. The number of thioether (sulfide) groups is 1. The molecule has 1 saturated carbocycles. The van der Waals surface area contributed by atoms with Crippen molar-refractivity contribution in [1.29, 1.82) is 0 Å². The third kappa shape index (κ3) is 3.52. The van der Waals surface area contributed by atoms with Crippen LogP contribution < -0.4 is 5.32 Å². The average Bonchev–Trinajstić information content (AvgIpc) is 2.38. The summed E-state index contributed by atoms with van der Waals surface area (Å²) < 4.78 is 0. The van der Waals surface area contributed by atoms with Crippen LogP contribution in [-0.4, -0.2) is 23.3 Å². The third-order valence-corrected chi connectivity index (χ3v) is 5.44. The Morgan fingerprint density at radius 1 is 1.40 bits per heavy atom. The summed E-state index contributed by atoms with van der Waals surface area (Å²) in [5.41, 5.74) is 0.532. The summed E-state index contributed by atoms with van der Waals surface area (Å²) in [6.45, 7) is 4.57. The minimum atomic E-state index is -0.287. The van der Waals surface area contributed by atoms with Gasteiger partial charge in [0.15, 0.2) is 0 Å². The zero-order valence-corrected chi connectivity index (χ0v) is 13.1. The minimum absolute atomic E-state index is 0.218. The summed E-state index contributed by atoms with van der Waals surface area (Å²) in [6.07, 6.45) is 3.41. The highest BCUT2D eigenvalue weighted by Crippen LogP contribution is 2.44. The highest BCUT2D eigenvalue weighted by atomic mass is 32.2. The van der Waals surface area contributed by atoms with Crippen LogP contribution >= 0.6 is 11.8 Å². The molecule has 4 nitrogen and oxygen atoms in total. The largest absolute Gasteiger partial charge is 0.316 e. The molecule has 20 heavy (non-hydrogen) atoms. The lowest BCUT2D eigenvalue weighted by Gasteiger charge is -2.40. The van der Waals surface area contributed by atoms with E-state index in [1.165, 1.54) is 6.42 Å². The van der Waals surface area contributed by atoms with Gasteiger partial charge < -0.3 is 5.32 Å². The van der Waals surface area contributed by atoms with Gasteiger partial charge in [0, 0.05) is 17.4 Å². The summed E-state index contributed by atoms with van der Waals surface area (Å²) in [4.78, 5) is 11.6. The van der Waals surface area contributed by atoms with Crippen molar-refractivity contribution in [2.75, 3.05) is 7.05 Å². The number of benzene rings is 1. The number of para-hydroxylation sites is 1. The number of nitro groups is 1. The second-order valence-electron chi connectivity index (χ2n) is 6.18. The van der Waals surface area contributed by atoms with E-state index in [4.69, 9.17) is 0 Å². The quantitative estimate of drug-likeness (QED) is 0.677. The summed E-state index contributed by atoms with van der Waals surface area (Å²) in [6, 6.07) is 7.47. The van der Waals surface area contributed by atoms with Gasteiger partial charge in [-0.2, -0.15) is 0 Å². The van der Waals surface area contributed by atoms with E-state index in [1.807, 2.05) is 19.2 Å². The normalized spacial score (nSPS) is 25.4. The summed E-state index contributed by atoms with van der Waals surface area (Å²) >= 11 is 1.65. The van der Waals surface area contributed by atoms with Crippen molar-refractivity contribution < 1.29 is 4.92 Å². The first kappa shape index (κ1) is 15.3. The topological polar surface area (TPSA) is 55.2 Å². The van der Waals surface area contributed by atoms with Gasteiger partial charge in [0.05, 0.1) is 9.82 Å². The molecule has 0 aromatic heterocycles. The molecule has 0 heterocycles. The van der Waals surface area contributed by atoms with Gasteiger partial charge in [0.1, 0.15) is 0 Å². The number of rotatable bonds is 4. The molecule has 1 fully saturated rings. The van der Waals surface area contributed by atoms with Crippen LogP contribution in [0.25, 0.3) is 0 Å². The fourth-order valence-electron chi connectivity index (χ4n) is 2.85. The molecular formula is C15H22N2O2S. The lowest BCUT2D eigenvalue weighted by molar-refractivity contribution is -0.387. The Morgan fingerprint density at radius 3 is 2.75 bits per heavy atom. The second-order valence-corrected chi connectivity index (χ2v) is 7.46. The highest BCUT2D eigenvalue weighted by Gasteiger charge is 2.35. The standard InChI is InChI=1S/C15H22N2O2S/c1-15(2)9-8-11(16-3)14(10-15)20-13-7-5-4-6-12(13)17(18)19/h4-7,11,14,16H,8-10H2,1-3H3. The smallest absolute Gasteiger partial charge is 0.282 e. The molecule has 2 atom stereocenters. The van der Waals surface area contributed by atoms with Crippen LogP contribution in [0.15, 0.2) is 29.2 Å². The minimum Gasteiger partial charge on any atom is -0.316 e. The van der Waals surface area contributed by atoms with Crippen molar-refractivity contribution in [2.24, 2.45) is 5.41 Å². The van der Waals surface area contributed by atoms with Crippen LogP contribution in [0.1, 0.15) is 33.1 Å². The number of nitrogens with zero attached hydrogens (tertiary/aromatic N) is 1. The summed E-state index contributed by atoms with van der Waals surface area (Å²) in [7, 11) is 1.98. The van der Waals surface area contributed by atoms with Gasteiger partial charge >= 0.3 is 0 Å². The Labute approximate surface area is 124 Å². The van der Waals surface area contributed by atoms with E-state index < -0.39 is 0 Å². The third-order valence-electron chi connectivity index (χ3n) is 4.05. The fraction of sp³-hybridized carbons (Fsp3) is 0.600. The van der Waals surface area contributed by atoms with E-state index in [0.717, 1.165) is 17.7 Å². The van der Waals surface area contributed by atoms with Gasteiger partial charge in [-0.15, -0.1) is 11.8 Å². The maximum atomic E-state index is 11.1.